The Kier molecular flexibility index (Phi) is 4.72. The number of H-pyrrole nitrogens is 1. The third-order valence-electron chi connectivity index (χ3n) is 6.18. The highest BCUT2D eigenvalue weighted by Crippen LogP contribution is 2.30. The molecule has 1 aliphatic heterocycles. The van der Waals surface area contributed by atoms with Gasteiger partial charge in [-0.2, -0.15) is 5.10 Å². The fourth-order valence-corrected chi connectivity index (χ4v) is 4.66. The van der Waals surface area contributed by atoms with Gasteiger partial charge in [0.1, 0.15) is 11.2 Å². The van der Waals surface area contributed by atoms with Crippen LogP contribution in [0.15, 0.2) is 21.5 Å². The molecule has 1 aliphatic carbocycles. The number of nitrogens with one attached hydrogen (secondary N) is 2. The molecule has 0 amide bonds. The summed E-state index contributed by atoms with van der Waals surface area (Å²) in [6.45, 7) is 1.92. The Hall–Kier alpha value is -2.48. The molecule has 0 unspecified atom stereocenters. The van der Waals surface area contributed by atoms with Crippen molar-refractivity contribution in [1.29, 1.82) is 0 Å². The smallest absolute Gasteiger partial charge is 0.253 e. The van der Waals surface area contributed by atoms with Crippen molar-refractivity contribution in [2.75, 3.05) is 13.1 Å². The highest BCUT2D eigenvalue weighted by Gasteiger charge is 2.23. The van der Waals surface area contributed by atoms with Crippen LogP contribution in [-0.2, 0) is 6.42 Å². The Labute approximate surface area is 162 Å². The lowest BCUT2D eigenvalue weighted by molar-refractivity contribution is 0.330. The monoisotopic (exact) mass is 382 g/mol. The molecule has 2 N–H and O–H groups in total. The van der Waals surface area contributed by atoms with Gasteiger partial charge in [0.2, 0.25) is 5.89 Å². The first-order chi connectivity index (χ1) is 13.8. The molecule has 4 heterocycles. The highest BCUT2D eigenvalue weighted by atomic mass is 16.4. The van der Waals surface area contributed by atoms with Gasteiger partial charge in [0, 0.05) is 18.4 Å². The number of aromatic amines is 1. The molecule has 1 saturated heterocycles. The number of nitrogens with zero attached hydrogens (tertiary/aromatic N) is 4. The van der Waals surface area contributed by atoms with Crippen molar-refractivity contribution in [3.8, 4) is 11.5 Å². The van der Waals surface area contributed by atoms with Gasteiger partial charge in [-0.25, -0.2) is 4.52 Å². The quantitative estimate of drug-likeness (QED) is 0.719. The second-order valence-corrected chi connectivity index (χ2v) is 8.11. The van der Waals surface area contributed by atoms with Crippen molar-refractivity contribution in [1.82, 2.24) is 30.1 Å². The van der Waals surface area contributed by atoms with E-state index in [1.807, 2.05) is 4.52 Å². The molecule has 2 aliphatic rings. The molecule has 148 valence electrons. The molecule has 3 aromatic rings. The second-order valence-electron chi connectivity index (χ2n) is 8.11. The first-order valence-electron chi connectivity index (χ1n) is 10.4. The lowest BCUT2D eigenvalue weighted by Crippen LogP contribution is -2.28. The van der Waals surface area contributed by atoms with Crippen molar-refractivity contribution < 1.29 is 4.42 Å². The van der Waals surface area contributed by atoms with Crippen molar-refractivity contribution in [2.45, 2.75) is 57.3 Å². The van der Waals surface area contributed by atoms with E-state index in [4.69, 9.17) is 4.42 Å². The van der Waals surface area contributed by atoms with E-state index in [0.717, 1.165) is 38.0 Å². The Morgan fingerprint density at radius 2 is 1.93 bits per heavy atom. The van der Waals surface area contributed by atoms with Gasteiger partial charge in [-0.1, -0.05) is 19.3 Å². The molecule has 28 heavy (non-hydrogen) atoms. The molecule has 0 bridgehead atoms. The summed E-state index contributed by atoms with van der Waals surface area (Å²) in [5, 5.41) is 16.4. The normalized spacial score (nSPS) is 19.4. The number of piperidine rings is 1. The average Bonchev–Trinajstić information content (AvgIpc) is 3.35. The minimum Gasteiger partial charge on any atom is -0.420 e. The van der Waals surface area contributed by atoms with Crippen molar-refractivity contribution >= 4 is 5.65 Å². The summed E-state index contributed by atoms with van der Waals surface area (Å²) in [6.07, 6.45) is 10.9. The van der Waals surface area contributed by atoms with Crippen LogP contribution < -0.4 is 10.9 Å². The van der Waals surface area contributed by atoms with Crippen LogP contribution in [0, 0.1) is 5.92 Å². The Bertz CT molecular complexity index is 1010. The summed E-state index contributed by atoms with van der Waals surface area (Å²) in [5.74, 6) is 2.07. The van der Waals surface area contributed by atoms with E-state index in [9.17, 15) is 4.79 Å². The zero-order valence-corrected chi connectivity index (χ0v) is 16.0. The van der Waals surface area contributed by atoms with Gasteiger partial charge in [0.05, 0.1) is 11.9 Å². The average molecular weight is 382 g/mol. The molecule has 0 aromatic carbocycles. The lowest BCUT2D eigenvalue weighted by Gasteiger charge is -2.23. The zero-order chi connectivity index (χ0) is 18.9. The van der Waals surface area contributed by atoms with Crippen LogP contribution in [0.1, 0.15) is 62.4 Å². The van der Waals surface area contributed by atoms with Gasteiger partial charge in [0.25, 0.3) is 11.4 Å². The summed E-state index contributed by atoms with van der Waals surface area (Å²) in [6, 6.07) is 1.67. The van der Waals surface area contributed by atoms with Crippen LogP contribution >= 0.6 is 0 Å². The summed E-state index contributed by atoms with van der Waals surface area (Å²) in [7, 11) is 0. The van der Waals surface area contributed by atoms with Crippen LogP contribution in [-0.4, -0.2) is 37.9 Å². The van der Waals surface area contributed by atoms with Crippen LogP contribution in [0.2, 0.25) is 0 Å². The van der Waals surface area contributed by atoms with E-state index in [2.05, 4.69) is 25.6 Å². The molecule has 0 atom stereocenters. The molecular weight excluding hydrogens is 356 g/mol. The molecule has 5 rings (SSSR count). The van der Waals surface area contributed by atoms with E-state index in [1.165, 1.54) is 32.1 Å². The maximum absolute atomic E-state index is 12.3. The van der Waals surface area contributed by atoms with E-state index in [-0.39, 0.29) is 5.56 Å². The van der Waals surface area contributed by atoms with Crippen LogP contribution in [0.25, 0.3) is 17.1 Å². The number of aromatic nitrogens is 5. The third kappa shape index (κ3) is 3.37. The minimum absolute atomic E-state index is 0.121. The van der Waals surface area contributed by atoms with E-state index in [0.29, 0.717) is 34.8 Å². The van der Waals surface area contributed by atoms with Gasteiger partial charge < -0.3 is 14.7 Å². The Morgan fingerprint density at radius 1 is 1.11 bits per heavy atom. The third-order valence-corrected chi connectivity index (χ3v) is 6.18. The zero-order valence-electron chi connectivity index (χ0n) is 16.0. The van der Waals surface area contributed by atoms with Crippen LogP contribution in [0.5, 0.6) is 0 Å². The summed E-state index contributed by atoms with van der Waals surface area (Å²) >= 11 is 0. The maximum atomic E-state index is 12.3. The largest absolute Gasteiger partial charge is 0.420 e. The fourth-order valence-electron chi connectivity index (χ4n) is 4.66. The van der Waals surface area contributed by atoms with Gasteiger partial charge in [-0.3, -0.25) is 4.79 Å². The topological polar surface area (TPSA) is 101 Å². The van der Waals surface area contributed by atoms with Crippen molar-refractivity contribution in [2.24, 2.45) is 5.92 Å². The second kappa shape index (κ2) is 7.50. The predicted octanol–water partition coefficient (Wildman–Crippen LogP) is 2.66. The molecular formula is C20H26N6O2. The van der Waals surface area contributed by atoms with Crippen LogP contribution in [0.3, 0.4) is 0 Å². The minimum atomic E-state index is -0.121. The van der Waals surface area contributed by atoms with Gasteiger partial charge in [-0.15, -0.1) is 10.2 Å². The summed E-state index contributed by atoms with van der Waals surface area (Å²) < 4.78 is 7.79. The number of hydrogen-bond acceptors (Lipinski definition) is 6. The van der Waals surface area contributed by atoms with E-state index < -0.39 is 0 Å². The van der Waals surface area contributed by atoms with Gasteiger partial charge in [0.15, 0.2) is 0 Å². The Balaban J connectivity index is 1.46. The first kappa shape index (κ1) is 17.6. The molecule has 2 fully saturated rings. The molecule has 8 nitrogen and oxygen atoms in total. The maximum Gasteiger partial charge on any atom is 0.253 e. The van der Waals surface area contributed by atoms with Crippen LogP contribution in [0.4, 0.5) is 0 Å². The van der Waals surface area contributed by atoms with Gasteiger partial charge in [-0.05, 0) is 44.7 Å². The van der Waals surface area contributed by atoms with E-state index in [1.54, 1.807) is 12.3 Å². The molecule has 0 spiro atoms. The predicted molar refractivity (Wildman–Crippen MR) is 104 cm³/mol. The summed E-state index contributed by atoms with van der Waals surface area (Å²) in [5.41, 5.74) is 2.15. The Morgan fingerprint density at radius 3 is 2.75 bits per heavy atom. The summed E-state index contributed by atoms with van der Waals surface area (Å²) in [4.78, 5) is 15.2. The fraction of sp³-hybridized carbons (Fsp3) is 0.600. The highest BCUT2D eigenvalue weighted by molar-refractivity contribution is 5.70. The molecule has 8 heteroatoms. The van der Waals surface area contributed by atoms with E-state index >= 15 is 0 Å². The molecule has 0 radical (unpaired) electrons. The van der Waals surface area contributed by atoms with Crippen molar-refractivity contribution in [3.63, 3.8) is 0 Å². The standard InChI is InChI=1S/C20H26N6O2/c27-17-11-16(14-6-8-21-9-7-14)26-19(23-17)15(12-22-26)20-25-24-18(28-20)10-13-4-2-1-3-5-13/h11-14,21H,1-10H2,(H,23,27). The lowest BCUT2D eigenvalue weighted by atomic mass is 9.87. The number of hydrogen-bond donors (Lipinski definition) is 2. The molecule has 3 aromatic heterocycles. The number of rotatable bonds is 4. The number of fused-ring (bicyclic) bond motifs is 1. The van der Waals surface area contributed by atoms with Gasteiger partial charge >= 0.3 is 0 Å². The first-order valence-corrected chi connectivity index (χ1v) is 10.4. The molecule has 1 saturated carbocycles. The van der Waals surface area contributed by atoms with Crippen molar-refractivity contribution in [3.05, 3.63) is 34.2 Å². The SMILES string of the molecule is O=c1cc(C2CCNCC2)n2ncc(-c3nnc(CC4CCCCC4)o3)c2[nH]1.